The third-order valence-corrected chi connectivity index (χ3v) is 4.16. The number of fused-ring (bicyclic) bond motifs is 2. The van der Waals surface area contributed by atoms with Gasteiger partial charge in [0.25, 0.3) is 0 Å². The summed E-state index contributed by atoms with van der Waals surface area (Å²) < 4.78 is 16.9. The first-order valence-corrected chi connectivity index (χ1v) is 7.78. The predicted octanol–water partition coefficient (Wildman–Crippen LogP) is 3.42. The number of rotatable bonds is 3. The summed E-state index contributed by atoms with van der Waals surface area (Å²) in [4.78, 5) is 4.62. The van der Waals surface area contributed by atoms with Gasteiger partial charge < -0.3 is 19.5 Å². The molecule has 1 unspecified atom stereocenters. The summed E-state index contributed by atoms with van der Waals surface area (Å²) in [5.74, 6) is 3.05. The molecular formula is C19H18N2O3. The van der Waals surface area contributed by atoms with E-state index >= 15 is 0 Å². The maximum Gasteiger partial charge on any atom is 0.214 e. The lowest BCUT2D eigenvalue weighted by molar-refractivity contribution is 0.229. The van der Waals surface area contributed by atoms with Gasteiger partial charge in [-0.25, -0.2) is 4.99 Å². The van der Waals surface area contributed by atoms with Gasteiger partial charge in [0.05, 0.1) is 14.2 Å². The van der Waals surface area contributed by atoms with E-state index < -0.39 is 0 Å². The van der Waals surface area contributed by atoms with Crippen LogP contribution in [0.5, 0.6) is 17.2 Å². The number of nitrogens with one attached hydrogen (secondary N) is 1. The Morgan fingerprint density at radius 3 is 2.71 bits per heavy atom. The van der Waals surface area contributed by atoms with E-state index in [0.29, 0.717) is 5.75 Å². The van der Waals surface area contributed by atoms with Crippen LogP contribution in [-0.4, -0.2) is 26.3 Å². The number of methoxy groups -OCH3 is 2. The molecule has 0 radical (unpaired) electrons. The fraction of sp³-hybridized carbons (Fsp3) is 0.211. The fourth-order valence-electron chi connectivity index (χ4n) is 2.97. The summed E-state index contributed by atoms with van der Waals surface area (Å²) in [6.07, 6.45) is 2.50. The van der Waals surface area contributed by atoms with Crippen LogP contribution in [0.3, 0.4) is 0 Å². The minimum atomic E-state index is -0.291. The molecule has 2 aliphatic heterocycles. The third kappa shape index (κ3) is 2.58. The van der Waals surface area contributed by atoms with Crippen molar-refractivity contribution in [2.75, 3.05) is 19.5 Å². The summed E-state index contributed by atoms with van der Waals surface area (Å²) >= 11 is 0. The van der Waals surface area contributed by atoms with Gasteiger partial charge in [0.1, 0.15) is 23.1 Å². The Morgan fingerprint density at radius 1 is 1.12 bits per heavy atom. The normalized spacial score (nSPS) is 17.8. The van der Waals surface area contributed by atoms with Gasteiger partial charge in [0.15, 0.2) is 0 Å². The Morgan fingerprint density at radius 2 is 1.96 bits per heavy atom. The third-order valence-electron chi connectivity index (χ3n) is 4.16. The molecule has 24 heavy (non-hydrogen) atoms. The molecule has 0 saturated heterocycles. The molecule has 122 valence electrons. The topological polar surface area (TPSA) is 52.1 Å². The van der Waals surface area contributed by atoms with E-state index in [1.807, 2.05) is 48.5 Å². The Kier molecular flexibility index (Phi) is 3.61. The average Bonchev–Trinajstić information content (AvgIpc) is 3.00. The highest BCUT2D eigenvalue weighted by Crippen LogP contribution is 2.41. The van der Waals surface area contributed by atoms with Crippen LogP contribution >= 0.6 is 0 Å². The van der Waals surface area contributed by atoms with Crippen molar-refractivity contribution in [2.24, 2.45) is 4.99 Å². The highest BCUT2D eigenvalue weighted by atomic mass is 16.5. The molecule has 1 N–H and O–H groups in total. The van der Waals surface area contributed by atoms with Gasteiger partial charge in [-0.05, 0) is 18.2 Å². The molecule has 2 heterocycles. The second-order valence-electron chi connectivity index (χ2n) is 5.68. The van der Waals surface area contributed by atoms with Crippen LogP contribution < -0.4 is 19.5 Å². The second-order valence-corrected chi connectivity index (χ2v) is 5.68. The van der Waals surface area contributed by atoms with Crippen molar-refractivity contribution in [3.8, 4) is 17.2 Å². The van der Waals surface area contributed by atoms with E-state index in [-0.39, 0.29) is 6.23 Å². The van der Waals surface area contributed by atoms with E-state index in [4.69, 9.17) is 14.2 Å². The molecule has 1 atom stereocenters. The molecule has 2 aromatic carbocycles. The number of hydrogen-bond acceptors (Lipinski definition) is 5. The number of para-hydroxylation sites is 1. The zero-order valence-corrected chi connectivity index (χ0v) is 13.6. The summed E-state index contributed by atoms with van der Waals surface area (Å²) in [6, 6.07) is 13.7. The molecule has 2 aromatic rings. The van der Waals surface area contributed by atoms with Crippen molar-refractivity contribution >= 4 is 11.5 Å². The smallest absolute Gasteiger partial charge is 0.214 e. The largest absolute Gasteiger partial charge is 0.496 e. The number of hydrogen-bond donors (Lipinski definition) is 1. The second kappa shape index (κ2) is 5.92. The Hall–Kier alpha value is -2.95. The number of aliphatic imine (C=N–C) groups is 1. The first-order valence-electron chi connectivity index (χ1n) is 7.78. The van der Waals surface area contributed by atoms with Crippen LogP contribution in [0, 0.1) is 0 Å². The van der Waals surface area contributed by atoms with Gasteiger partial charge in [-0.1, -0.05) is 18.2 Å². The lowest BCUT2D eigenvalue weighted by Crippen LogP contribution is -2.22. The van der Waals surface area contributed by atoms with Gasteiger partial charge in [-0.3, -0.25) is 0 Å². The van der Waals surface area contributed by atoms with Crippen LogP contribution in [0.1, 0.15) is 5.56 Å². The molecule has 0 saturated carbocycles. The fourth-order valence-corrected chi connectivity index (χ4v) is 2.97. The van der Waals surface area contributed by atoms with Gasteiger partial charge in [0.2, 0.25) is 6.23 Å². The Bertz CT molecular complexity index is 828. The highest BCUT2D eigenvalue weighted by Gasteiger charge is 2.31. The van der Waals surface area contributed by atoms with Gasteiger partial charge in [-0.15, -0.1) is 0 Å². The average molecular weight is 322 g/mol. The van der Waals surface area contributed by atoms with E-state index in [1.54, 1.807) is 14.2 Å². The van der Waals surface area contributed by atoms with E-state index in [9.17, 15) is 0 Å². The lowest BCUT2D eigenvalue weighted by Gasteiger charge is -2.25. The van der Waals surface area contributed by atoms with E-state index in [0.717, 1.165) is 40.6 Å². The van der Waals surface area contributed by atoms with Crippen LogP contribution in [-0.2, 0) is 6.42 Å². The van der Waals surface area contributed by atoms with Crippen LogP contribution in [0.15, 0.2) is 59.1 Å². The first-order chi connectivity index (χ1) is 11.8. The number of nitrogens with zero attached hydrogens (tertiary/aromatic N) is 1. The van der Waals surface area contributed by atoms with Crippen molar-refractivity contribution in [2.45, 2.75) is 12.6 Å². The molecule has 5 heteroatoms. The maximum absolute atomic E-state index is 6.05. The molecule has 0 bridgehead atoms. The van der Waals surface area contributed by atoms with Crippen LogP contribution in [0.2, 0.25) is 0 Å². The van der Waals surface area contributed by atoms with Crippen molar-refractivity contribution in [3.05, 3.63) is 59.7 Å². The first kappa shape index (κ1) is 14.6. The van der Waals surface area contributed by atoms with Crippen LogP contribution in [0.25, 0.3) is 0 Å². The molecule has 0 spiro atoms. The minimum absolute atomic E-state index is 0.291. The molecule has 0 amide bonds. The van der Waals surface area contributed by atoms with Gasteiger partial charge in [0, 0.05) is 35.4 Å². The van der Waals surface area contributed by atoms with Crippen molar-refractivity contribution < 1.29 is 14.2 Å². The SMILES string of the molecule is COc1cc(OC)c2c(c1)OC1N=C(Nc3ccccc3)C=C1C2. The van der Waals surface area contributed by atoms with Crippen molar-refractivity contribution in [1.82, 2.24) is 0 Å². The quantitative estimate of drug-likeness (QED) is 0.941. The number of amidine groups is 1. The van der Waals surface area contributed by atoms with Crippen LogP contribution in [0.4, 0.5) is 5.69 Å². The number of benzene rings is 2. The maximum atomic E-state index is 6.05. The summed E-state index contributed by atoms with van der Waals surface area (Å²) in [5.41, 5.74) is 3.14. The Balaban J connectivity index is 1.62. The standard InChI is InChI=1S/C19H18N2O3/c1-22-14-10-16(23-2)15-8-12-9-18(20-13-6-4-3-5-7-13)21-19(12)24-17(15)11-14/h3-7,9-11,19H,8H2,1-2H3,(H,20,21). The molecule has 0 aromatic heterocycles. The monoisotopic (exact) mass is 322 g/mol. The molecule has 4 rings (SSSR count). The van der Waals surface area contributed by atoms with E-state index in [2.05, 4.69) is 10.3 Å². The van der Waals surface area contributed by atoms with E-state index in [1.165, 1.54) is 0 Å². The molecular weight excluding hydrogens is 304 g/mol. The van der Waals surface area contributed by atoms with Gasteiger partial charge >= 0.3 is 0 Å². The minimum Gasteiger partial charge on any atom is -0.496 e. The molecule has 2 aliphatic rings. The predicted molar refractivity (Wildman–Crippen MR) is 93.2 cm³/mol. The summed E-state index contributed by atoms with van der Waals surface area (Å²) in [5, 5.41) is 3.31. The van der Waals surface area contributed by atoms with Crippen molar-refractivity contribution in [1.29, 1.82) is 0 Å². The molecule has 0 fully saturated rings. The Labute approximate surface area is 140 Å². The lowest BCUT2D eigenvalue weighted by atomic mass is 9.99. The number of anilines is 1. The van der Waals surface area contributed by atoms with Crippen molar-refractivity contribution in [3.63, 3.8) is 0 Å². The zero-order chi connectivity index (χ0) is 16.5. The van der Waals surface area contributed by atoms with Gasteiger partial charge in [-0.2, -0.15) is 0 Å². The summed E-state index contributed by atoms with van der Waals surface area (Å²) in [7, 11) is 3.29. The zero-order valence-electron chi connectivity index (χ0n) is 13.6. The summed E-state index contributed by atoms with van der Waals surface area (Å²) in [6.45, 7) is 0. The highest BCUT2D eigenvalue weighted by molar-refractivity contribution is 6.06. The molecule has 0 aliphatic carbocycles. The molecule has 5 nitrogen and oxygen atoms in total. The number of ether oxygens (including phenoxy) is 3.